The summed E-state index contributed by atoms with van der Waals surface area (Å²) in [4.78, 5) is 0. The predicted octanol–water partition coefficient (Wildman–Crippen LogP) is 4.14. The molecule has 0 rings (SSSR count). The van der Waals surface area contributed by atoms with Crippen LogP contribution in [-0.2, 0) is 16.5 Å². The average Bonchev–Trinajstić information content (AvgIpc) is 2.31. The molecule has 0 bridgehead atoms. The minimum absolute atomic E-state index is 0. The van der Waals surface area contributed by atoms with Crippen LogP contribution in [0.5, 0.6) is 0 Å². The van der Waals surface area contributed by atoms with Crippen molar-refractivity contribution >= 4 is 0 Å². The minimum atomic E-state index is 0. The van der Waals surface area contributed by atoms with Crippen LogP contribution in [0, 0.1) is 35.5 Å². The molecule has 3 heteroatoms. The van der Waals surface area contributed by atoms with E-state index >= 15 is 0 Å². The standard InChI is InChI=1S/2C7H10N.Ni/c2*1-2-3-4-5-6-7-8;/h2*2-3,6H,4-5H2,1H3;/q2*-1;+2. The Hall–Kier alpha value is -1.31. The van der Waals surface area contributed by atoms with E-state index in [9.17, 15) is 0 Å². The van der Waals surface area contributed by atoms with Gasteiger partial charge in [-0.3, -0.25) is 12.8 Å². The molecule has 0 aromatic carbocycles. The minimum Gasteiger partial charge on any atom is -0.291 e. The first-order valence-electron chi connectivity index (χ1n) is 5.48. The molecule has 0 unspecified atom stereocenters. The van der Waals surface area contributed by atoms with Gasteiger partial charge in [0.25, 0.3) is 0 Å². The van der Waals surface area contributed by atoms with Crippen molar-refractivity contribution in [2.75, 3.05) is 0 Å². The zero-order valence-corrected chi connectivity index (χ0v) is 11.5. The van der Waals surface area contributed by atoms with Crippen molar-refractivity contribution in [1.82, 2.24) is 0 Å². The van der Waals surface area contributed by atoms with Gasteiger partial charge in [-0.15, -0.1) is 12.1 Å². The topological polar surface area (TPSA) is 47.6 Å². The summed E-state index contributed by atoms with van der Waals surface area (Å²) >= 11 is 0. The van der Waals surface area contributed by atoms with Crippen molar-refractivity contribution in [2.24, 2.45) is 0 Å². The Labute approximate surface area is 116 Å². The normalized spacial score (nSPS) is 8.47. The molecule has 0 atom stereocenters. The third-order valence-corrected chi connectivity index (χ3v) is 1.61. The van der Waals surface area contributed by atoms with Crippen molar-refractivity contribution in [1.29, 1.82) is 10.5 Å². The van der Waals surface area contributed by atoms with Crippen LogP contribution in [0.3, 0.4) is 0 Å². The van der Waals surface area contributed by atoms with E-state index in [1.807, 2.05) is 50.3 Å². The van der Waals surface area contributed by atoms with Crippen LogP contribution in [0.4, 0.5) is 0 Å². The van der Waals surface area contributed by atoms with Gasteiger partial charge in [0, 0.05) is 0 Å². The number of unbranched alkanes of at least 4 members (excludes halogenated alkanes) is 4. The van der Waals surface area contributed by atoms with Crippen LogP contribution < -0.4 is 0 Å². The number of hydrogen-bond acceptors (Lipinski definition) is 2. The molecule has 0 aliphatic heterocycles. The molecule has 0 aliphatic rings. The molecule has 2 nitrogen and oxygen atoms in total. The van der Waals surface area contributed by atoms with E-state index in [1.54, 1.807) is 12.8 Å². The molecule has 0 spiro atoms. The Morgan fingerprint density at radius 1 is 0.882 bits per heavy atom. The van der Waals surface area contributed by atoms with Crippen molar-refractivity contribution < 1.29 is 16.5 Å². The number of rotatable bonds is 6. The zero-order valence-electron chi connectivity index (χ0n) is 10.5. The van der Waals surface area contributed by atoms with Crippen molar-refractivity contribution in [3.05, 3.63) is 37.1 Å². The van der Waals surface area contributed by atoms with E-state index in [0.29, 0.717) is 0 Å². The van der Waals surface area contributed by atoms with Gasteiger partial charge in [-0.1, -0.05) is 37.1 Å². The number of nitriles is 2. The maximum absolute atomic E-state index is 8.04. The van der Waals surface area contributed by atoms with Gasteiger partial charge in [0.05, 0.1) is 0 Å². The maximum atomic E-state index is 8.04. The van der Waals surface area contributed by atoms with Crippen molar-refractivity contribution in [2.45, 2.75) is 39.5 Å². The summed E-state index contributed by atoms with van der Waals surface area (Å²) in [5.41, 5.74) is 0. The third-order valence-electron chi connectivity index (χ3n) is 1.61. The third kappa shape index (κ3) is 31.3. The van der Waals surface area contributed by atoms with Gasteiger partial charge in [0.1, 0.15) is 0 Å². The second-order valence-corrected chi connectivity index (χ2v) is 2.96. The van der Waals surface area contributed by atoms with E-state index in [1.165, 1.54) is 0 Å². The Kier molecular flexibility index (Phi) is 29.8. The van der Waals surface area contributed by atoms with Crippen molar-refractivity contribution in [3.8, 4) is 12.1 Å². The van der Waals surface area contributed by atoms with Gasteiger partial charge in [-0.05, 0) is 13.8 Å². The molecule has 0 aromatic rings. The van der Waals surface area contributed by atoms with Crippen LogP contribution in [-0.4, -0.2) is 0 Å². The fourth-order valence-corrected chi connectivity index (χ4v) is 0.822. The molecule has 17 heavy (non-hydrogen) atoms. The SMILES string of the molecule is CC=CCC[CH-]C#N.CC=CCC[CH-]C#N.[Ni+2]. The molecule has 0 amide bonds. The van der Waals surface area contributed by atoms with E-state index in [-0.39, 0.29) is 16.5 Å². The predicted molar refractivity (Wildman–Crippen MR) is 67.9 cm³/mol. The smallest absolute Gasteiger partial charge is 0.291 e. The molecule has 0 radical (unpaired) electrons. The fraction of sp³-hybridized carbons (Fsp3) is 0.429. The van der Waals surface area contributed by atoms with E-state index in [0.717, 1.165) is 25.7 Å². The van der Waals surface area contributed by atoms with E-state index < -0.39 is 0 Å². The first-order valence-corrected chi connectivity index (χ1v) is 5.48. The molecular weight excluding hydrogens is 255 g/mol. The Morgan fingerprint density at radius 2 is 1.24 bits per heavy atom. The molecule has 96 valence electrons. The number of hydrogen-bond donors (Lipinski definition) is 0. The molecule has 0 saturated heterocycles. The Morgan fingerprint density at radius 3 is 1.47 bits per heavy atom. The van der Waals surface area contributed by atoms with Gasteiger partial charge < -0.3 is 0 Å². The molecular formula is C14H20N2Ni. The Balaban J connectivity index is -0.000000218. The second-order valence-electron chi connectivity index (χ2n) is 2.96. The monoisotopic (exact) mass is 274 g/mol. The van der Waals surface area contributed by atoms with E-state index in [4.69, 9.17) is 10.5 Å². The van der Waals surface area contributed by atoms with Crippen LogP contribution in [0.2, 0.25) is 0 Å². The average molecular weight is 275 g/mol. The van der Waals surface area contributed by atoms with Gasteiger partial charge in [0.2, 0.25) is 0 Å². The van der Waals surface area contributed by atoms with Crippen LogP contribution in [0.1, 0.15) is 39.5 Å². The van der Waals surface area contributed by atoms with Gasteiger partial charge in [-0.2, -0.15) is 12.8 Å². The summed E-state index contributed by atoms with van der Waals surface area (Å²) in [5, 5.41) is 16.1. The Bertz CT molecular complexity index is 228. The molecule has 0 aromatic heterocycles. The van der Waals surface area contributed by atoms with Crippen molar-refractivity contribution in [3.63, 3.8) is 0 Å². The fourth-order valence-electron chi connectivity index (χ4n) is 0.822. The van der Waals surface area contributed by atoms with Gasteiger partial charge in [-0.25, -0.2) is 10.5 Å². The van der Waals surface area contributed by atoms with E-state index in [2.05, 4.69) is 0 Å². The van der Waals surface area contributed by atoms with Gasteiger partial charge in [0.15, 0.2) is 0 Å². The number of nitrogens with zero attached hydrogens (tertiary/aromatic N) is 2. The van der Waals surface area contributed by atoms with Crippen LogP contribution >= 0.6 is 0 Å². The molecule has 0 heterocycles. The summed E-state index contributed by atoms with van der Waals surface area (Å²) in [5.74, 6) is 0. The second kappa shape index (κ2) is 24.1. The first kappa shape index (κ1) is 21.0. The summed E-state index contributed by atoms with van der Waals surface area (Å²) < 4.78 is 0. The summed E-state index contributed by atoms with van der Waals surface area (Å²) in [6, 6.07) is 3.94. The molecule has 0 N–H and O–H groups in total. The number of allylic oxidation sites excluding steroid dienone is 4. The molecule has 0 saturated carbocycles. The maximum Gasteiger partial charge on any atom is 2.00 e. The zero-order chi connectivity index (χ0) is 12.5. The largest absolute Gasteiger partial charge is 2.00 e. The summed E-state index contributed by atoms with van der Waals surface area (Å²) in [6.45, 7) is 3.96. The van der Waals surface area contributed by atoms with Gasteiger partial charge >= 0.3 is 16.5 Å². The quantitative estimate of drug-likeness (QED) is 0.316. The van der Waals surface area contributed by atoms with Crippen LogP contribution in [0.25, 0.3) is 0 Å². The summed E-state index contributed by atoms with van der Waals surface area (Å²) in [6.07, 6.45) is 15.0. The molecule has 0 aliphatic carbocycles. The van der Waals surface area contributed by atoms with Crippen LogP contribution in [0.15, 0.2) is 24.3 Å². The first-order chi connectivity index (χ1) is 7.83. The molecule has 0 fully saturated rings. The summed E-state index contributed by atoms with van der Waals surface area (Å²) in [7, 11) is 0.